The molecular formula is C5H9F3O2. The van der Waals surface area contributed by atoms with Crippen LogP contribution in [0.4, 0.5) is 13.2 Å². The lowest BCUT2D eigenvalue weighted by molar-refractivity contribution is -0.163. The molecule has 0 aromatic rings. The van der Waals surface area contributed by atoms with E-state index in [4.69, 9.17) is 5.11 Å². The van der Waals surface area contributed by atoms with E-state index in [0.717, 1.165) is 0 Å². The van der Waals surface area contributed by atoms with Crippen LogP contribution in [-0.2, 0) is 4.74 Å². The highest BCUT2D eigenvalue weighted by atomic mass is 19.4. The molecule has 1 N–H and O–H groups in total. The maximum absolute atomic E-state index is 11.3. The highest BCUT2D eigenvalue weighted by Gasteiger charge is 2.26. The van der Waals surface area contributed by atoms with Crippen LogP contribution >= 0.6 is 0 Å². The summed E-state index contributed by atoms with van der Waals surface area (Å²) in [4.78, 5) is 0. The van der Waals surface area contributed by atoms with E-state index >= 15 is 0 Å². The number of aliphatic hydroxyl groups is 1. The lowest BCUT2D eigenvalue weighted by Crippen LogP contribution is -2.15. The normalized spacial score (nSPS) is 15.3. The smallest absolute Gasteiger partial charge is 0.368 e. The zero-order chi connectivity index (χ0) is 8.20. The van der Waals surface area contributed by atoms with E-state index < -0.39 is 25.5 Å². The van der Waals surface area contributed by atoms with Gasteiger partial charge in [-0.1, -0.05) is 0 Å². The summed E-state index contributed by atoms with van der Waals surface area (Å²) in [5, 5.41) is 8.36. The van der Waals surface area contributed by atoms with Gasteiger partial charge in [-0.15, -0.1) is 0 Å². The molecule has 0 aromatic heterocycles. The average Bonchev–Trinajstić information content (AvgIpc) is 1.59. The molecule has 0 aromatic carbocycles. The van der Waals surface area contributed by atoms with Crippen LogP contribution in [0.15, 0.2) is 0 Å². The Morgan fingerprint density at radius 2 is 2.00 bits per heavy atom. The predicted octanol–water partition coefficient (Wildman–Crippen LogP) is 1.29. The zero-order valence-electron chi connectivity index (χ0n) is 5.48. The van der Waals surface area contributed by atoms with Gasteiger partial charge in [0.25, 0.3) is 0 Å². The van der Waals surface area contributed by atoms with Crippen molar-refractivity contribution in [3.63, 3.8) is 0 Å². The molecule has 0 heterocycles. The number of halogens is 3. The molecule has 0 aliphatic rings. The average molecular weight is 158 g/mol. The van der Waals surface area contributed by atoms with Gasteiger partial charge >= 0.3 is 6.18 Å². The van der Waals surface area contributed by atoms with Crippen LogP contribution in [-0.4, -0.2) is 24.2 Å². The van der Waals surface area contributed by atoms with Crippen molar-refractivity contribution in [2.45, 2.75) is 25.8 Å². The van der Waals surface area contributed by atoms with Crippen LogP contribution in [0.3, 0.4) is 0 Å². The van der Waals surface area contributed by atoms with Crippen LogP contribution < -0.4 is 0 Å². The second-order valence-electron chi connectivity index (χ2n) is 1.84. The molecule has 0 unspecified atom stereocenters. The molecular weight excluding hydrogens is 149 g/mol. The van der Waals surface area contributed by atoms with Crippen molar-refractivity contribution in [3.05, 3.63) is 0 Å². The molecule has 0 aliphatic carbocycles. The Hall–Kier alpha value is -0.290. The van der Waals surface area contributed by atoms with Crippen LogP contribution in [0.25, 0.3) is 0 Å². The first-order valence-electron chi connectivity index (χ1n) is 2.78. The summed E-state index contributed by atoms with van der Waals surface area (Å²) in [6.07, 6.45) is -6.34. The first-order chi connectivity index (χ1) is 4.42. The van der Waals surface area contributed by atoms with Gasteiger partial charge in [0.1, 0.15) is 0 Å². The molecule has 0 bridgehead atoms. The fourth-order valence-corrected chi connectivity index (χ4v) is 0.345. The highest BCUT2D eigenvalue weighted by molar-refractivity contribution is 4.47. The van der Waals surface area contributed by atoms with Gasteiger partial charge in [-0.25, -0.2) is 0 Å². The summed E-state index contributed by atoms with van der Waals surface area (Å²) >= 11 is 0. The predicted molar refractivity (Wildman–Crippen MR) is 28.3 cm³/mol. The summed E-state index contributed by atoms with van der Waals surface area (Å²) in [7, 11) is 0. The Morgan fingerprint density at radius 3 is 2.30 bits per heavy atom. The second kappa shape index (κ2) is 3.78. The molecule has 0 fully saturated rings. The van der Waals surface area contributed by atoms with Crippen molar-refractivity contribution in [2.75, 3.05) is 6.61 Å². The lowest BCUT2D eigenvalue weighted by atomic mass is 10.4. The number of ether oxygens (including phenoxy) is 1. The van der Waals surface area contributed by atoms with E-state index in [-0.39, 0.29) is 0 Å². The molecule has 62 valence electrons. The Bertz CT molecular complexity index is 89.4. The van der Waals surface area contributed by atoms with E-state index in [9.17, 15) is 13.2 Å². The van der Waals surface area contributed by atoms with Gasteiger partial charge in [0.15, 0.2) is 6.29 Å². The maximum Gasteiger partial charge on any atom is 0.391 e. The number of hydrogen-bond acceptors (Lipinski definition) is 2. The van der Waals surface area contributed by atoms with Crippen LogP contribution in [0.1, 0.15) is 13.3 Å². The van der Waals surface area contributed by atoms with E-state index in [1.807, 2.05) is 0 Å². The van der Waals surface area contributed by atoms with Crippen molar-refractivity contribution in [1.29, 1.82) is 0 Å². The summed E-state index contributed by atoms with van der Waals surface area (Å²) in [5.74, 6) is 0. The van der Waals surface area contributed by atoms with Gasteiger partial charge < -0.3 is 9.84 Å². The minimum Gasteiger partial charge on any atom is -0.368 e. The van der Waals surface area contributed by atoms with Crippen molar-refractivity contribution >= 4 is 0 Å². The van der Waals surface area contributed by atoms with E-state index in [1.165, 1.54) is 6.92 Å². The second-order valence-corrected chi connectivity index (χ2v) is 1.84. The zero-order valence-corrected chi connectivity index (χ0v) is 5.48. The third-order valence-electron chi connectivity index (χ3n) is 0.745. The molecule has 0 rings (SSSR count). The molecule has 0 aliphatic heterocycles. The van der Waals surface area contributed by atoms with Gasteiger partial charge in [0.2, 0.25) is 0 Å². The summed E-state index contributed by atoms with van der Waals surface area (Å²) < 4.78 is 38.3. The van der Waals surface area contributed by atoms with Crippen molar-refractivity contribution in [2.24, 2.45) is 0 Å². The summed E-state index contributed by atoms with van der Waals surface area (Å²) in [6, 6.07) is 0. The van der Waals surface area contributed by atoms with Gasteiger partial charge in [0, 0.05) is 0 Å². The lowest BCUT2D eigenvalue weighted by Gasteiger charge is -2.08. The number of rotatable bonds is 3. The maximum atomic E-state index is 11.3. The molecule has 5 heteroatoms. The molecule has 10 heavy (non-hydrogen) atoms. The van der Waals surface area contributed by atoms with Crippen LogP contribution in [0, 0.1) is 0 Å². The quantitative estimate of drug-likeness (QED) is 0.627. The number of alkyl halides is 3. The molecule has 0 saturated heterocycles. The van der Waals surface area contributed by atoms with Gasteiger partial charge in [-0.05, 0) is 6.92 Å². The minimum atomic E-state index is -4.20. The topological polar surface area (TPSA) is 29.5 Å². The van der Waals surface area contributed by atoms with E-state index in [2.05, 4.69) is 4.74 Å². The van der Waals surface area contributed by atoms with Crippen LogP contribution in [0.2, 0.25) is 0 Å². The molecule has 0 saturated carbocycles. The number of aliphatic hydroxyl groups excluding tert-OH is 1. The Kier molecular flexibility index (Phi) is 3.67. The fourth-order valence-electron chi connectivity index (χ4n) is 0.345. The largest absolute Gasteiger partial charge is 0.391 e. The first-order valence-corrected chi connectivity index (χ1v) is 2.78. The SMILES string of the molecule is C[C@@H](O)OCCC(F)(F)F. The van der Waals surface area contributed by atoms with Crippen molar-refractivity contribution in [3.8, 4) is 0 Å². The minimum absolute atomic E-state index is 0.485. The van der Waals surface area contributed by atoms with Gasteiger partial charge in [0.05, 0.1) is 13.0 Å². The highest BCUT2D eigenvalue weighted by Crippen LogP contribution is 2.18. The number of hydrogen-bond donors (Lipinski definition) is 1. The monoisotopic (exact) mass is 158 g/mol. The van der Waals surface area contributed by atoms with Gasteiger partial charge in [-0.2, -0.15) is 13.2 Å². The summed E-state index contributed by atoms with van der Waals surface area (Å²) in [6.45, 7) is 0.775. The molecule has 2 nitrogen and oxygen atoms in total. The molecule has 0 spiro atoms. The first kappa shape index (κ1) is 9.71. The van der Waals surface area contributed by atoms with Crippen molar-refractivity contribution < 1.29 is 23.0 Å². The van der Waals surface area contributed by atoms with Crippen LogP contribution in [0.5, 0.6) is 0 Å². The molecule has 0 radical (unpaired) electrons. The van der Waals surface area contributed by atoms with E-state index in [0.29, 0.717) is 0 Å². The Balaban J connectivity index is 3.21. The van der Waals surface area contributed by atoms with Gasteiger partial charge in [-0.3, -0.25) is 0 Å². The Morgan fingerprint density at radius 1 is 1.50 bits per heavy atom. The summed E-state index contributed by atoms with van der Waals surface area (Å²) in [5.41, 5.74) is 0. The molecule has 0 amide bonds. The van der Waals surface area contributed by atoms with E-state index in [1.54, 1.807) is 0 Å². The van der Waals surface area contributed by atoms with Crippen molar-refractivity contribution in [1.82, 2.24) is 0 Å². The third kappa shape index (κ3) is 7.71. The molecule has 1 atom stereocenters. The standard InChI is InChI=1S/C5H9F3O2/c1-4(9)10-3-2-5(6,7)8/h4,9H,2-3H2,1H3/t4-/m0/s1. The fraction of sp³-hybridized carbons (Fsp3) is 1.00. The third-order valence-corrected chi connectivity index (χ3v) is 0.745. The Labute approximate surface area is 56.6 Å².